The highest BCUT2D eigenvalue weighted by atomic mass is 19.3. The van der Waals surface area contributed by atoms with Crippen molar-refractivity contribution >= 4 is 27.7 Å². The minimum absolute atomic E-state index is 0.106. The summed E-state index contributed by atoms with van der Waals surface area (Å²) < 4.78 is 38.1. The van der Waals surface area contributed by atoms with Crippen LogP contribution in [-0.4, -0.2) is 24.2 Å². The maximum atomic E-state index is 13.0. The minimum Gasteiger partial charge on any atom is -0.497 e. The van der Waals surface area contributed by atoms with Gasteiger partial charge in [0.2, 0.25) is 5.91 Å². The number of nitrogens with two attached hydrogens (primary N) is 1. The Bertz CT molecular complexity index is 1540. The molecule has 0 unspecified atom stereocenters. The number of aromatic nitrogens is 1. The van der Waals surface area contributed by atoms with E-state index in [0.717, 1.165) is 38.7 Å². The van der Waals surface area contributed by atoms with Gasteiger partial charge < -0.3 is 19.8 Å². The van der Waals surface area contributed by atoms with Crippen molar-refractivity contribution in [3.63, 3.8) is 0 Å². The molecule has 176 valence electrons. The molecule has 5 rings (SSSR count). The number of fused-ring (bicyclic) bond motifs is 3. The summed E-state index contributed by atoms with van der Waals surface area (Å²) in [6.45, 7) is -2.67. The van der Waals surface area contributed by atoms with Gasteiger partial charge in [0.05, 0.1) is 24.7 Å². The third-order valence-electron chi connectivity index (χ3n) is 6.10. The number of carbonyl (C=O) groups excluding carboxylic acids is 1. The predicted octanol–water partition coefficient (Wildman–Crippen LogP) is 6.22. The molecule has 5 aromatic rings. The SMILES string of the molecule is COc1ccc(-c2ccc3c4c(C(N)=O)cccc4n(Cc4ccccc4OC(F)F)c3c2)cc1. The van der Waals surface area contributed by atoms with Gasteiger partial charge in [0, 0.05) is 21.9 Å². The fourth-order valence-corrected chi connectivity index (χ4v) is 4.50. The summed E-state index contributed by atoms with van der Waals surface area (Å²) in [5.41, 5.74) is 10.3. The Hall–Kier alpha value is -4.39. The lowest BCUT2D eigenvalue weighted by Gasteiger charge is -2.13. The van der Waals surface area contributed by atoms with Crippen molar-refractivity contribution in [2.75, 3.05) is 7.11 Å². The Morgan fingerprint density at radius 2 is 1.66 bits per heavy atom. The van der Waals surface area contributed by atoms with E-state index in [-0.39, 0.29) is 12.3 Å². The van der Waals surface area contributed by atoms with Gasteiger partial charge in [-0.05, 0) is 47.5 Å². The van der Waals surface area contributed by atoms with Crippen molar-refractivity contribution in [3.05, 3.63) is 96.1 Å². The van der Waals surface area contributed by atoms with E-state index in [2.05, 4.69) is 0 Å². The third-order valence-corrected chi connectivity index (χ3v) is 6.10. The highest BCUT2D eigenvalue weighted by molar-refractivity contribution is 6.18. The van der Waals surface area contributed by atoms with E-state index in [9.17, 15) is 13.6 Å². The smallest absolute Gasteiger partial charge is 0.387 e. The molecule has 0 aliphatic heterocycles. The van der Waals surface area contributed by atoms with Gasteiger partial charge in [-0.25, -0.2) is 0 Å². The van der Waals surface area contributed by atoms with E-state index in [1.54, 1.807) is 37.4 Å². The molecule has 0 saturated carbocycles. The second-order valence-corrected chi connectivity index (χ2v) is 8.10. The highest BCUT2D eigenvalue weighted by Crippen LogP contribution is 2.36. The molecule has 0 aliphatic carbocycles. The zero-order valence-electron chi connectivity index (χ0n) is 18.9. The fraction of sp³-hybridized carbons (Fsp3) is 0.107. The van der Waals surface area contributed by atoms with Gasteiger partial charge in [0.15, 0.2) is 0 Å². The normalized spacial score (nSPS) is 11.3. The summed E-state index contributed by atoms with van der Waals surface area (Å²) in [7, 11) is 1.62. The standard InChI is InChI=1S/C28H22F2N2O3/c1-34-20-12-9-17(10-13-20)18-11-14-21-24(15-18)32(23-7-4-6-22(26(21)23)27(31)33)16-19-5-2-3-8-25(19)35-28(29)30/h2-15,28H,16H2,1H3,(H2,31,33). The number of para-hydroxylation sites is 1. The van der Waals surface area contributed by atoms with Gasteiger partial charge in [-0.15, -0.1) is 0 Å². The van der Waals surface area contributed by atoms with Crippen molar-refractivity contribution in [2.45, 2.75) is 13.2 Å². The molecular formula is C28H22F2N2O3. The summed E-state index contributed by atoms with van der Waals surface area (Å²) in [5.74, 6) is 0.329. The van der Waals surface area contributed by atoms with Crippen LogP contribution in [0.25, 0.3) is 32.9 Å². The molecule has 0 radical (unpaired) electrons. The van der Waals surface area contributed by atoms with Crippen LogP contribution in [0.4, 0.5) is 8.78 Å². The lowest BCUT2D eigenvalue weighted by atomic mass is 10.0. The molecule has 4 aromatic carbocycles. The maximum absolute atomic E-state index is 13.0. The quantitative estimate of drug-likeness (QED) is 0.306. The number of primary amides is 1. The van der Waals surface area contributed by atoms with Gasteiger partial charge >= 0.3 is 6.61 Å². The fourth-order valence-electron chi connectivity index (χ4n) is 4.50. The van der Waals surface area contributed by atoms with Crippen molar-refractivity contribution in [1.29, 1.82) is 0 Å². The summed E-state index contributed by atoms with van der Waals surface area (Å²) in [6, 6.07) is 25.7. The molecule has 1 aromatic heterocycles. The number of ether oxygens (including phenoxy) is 2. The van der Waals surface area contributed by atoms with Crippen molar-refractivity contribution in [1.82, 2.24) is 4.57 Å². The van der Waals surface area contributed by atoms with Crippen LogP contribution in [0.2, 0.25) is 0 Å². The summed E-state index contributed by atoms with van der Waals surface area (Å²) in [6.07, 6.45) is 0. The molecular weight excluding hydrogens is 450 g/mol. The zero-order chi connectivity index (χ0) is 24.5. The summed E-state index contributed by atoms with van der Waals surface area (Å²) in [5, 5.41) is 1.57. The Balaban J connectivity index is 1.74. The number of amides is 1. The van der Waals surface area contributed by atoms with E-state index in [0.29, 0.717) is 11.1 Å². The molecule has 0 spiro atoms. The van der Waals surface area contributed by atoms with E-state index < -0.39 is 12.5 Å². The van der Waals surface area contributed by atoms with E-state index in [1.807, 2.05) is 53.1 Å². The van der Waals surface area contributed by atoms with Crippen molar-refractivity contribution in [3.8, 4) is 22.6 Å². The first-order valence-corrected chi connectivity index (χ1v) is 11.0. The monoisotopic (exact) mass is 472 g/mol. The van der Waals surface area contributed by atoms with Crippen LogP contribution in [-0.2, 0) is 6.54 Å². The Morgan fingerprint density at radius 3 is 2.37 bits per heavy atom. The summed E-state index contributed by atoms with van der Waals surface area (Å²) >= 11 is 0. The first-order chi connectivity index (χ1) is 17.0. The van der Waals surface area contributed by atoms with Crippen LogP contribution in [0.3, 0.4) is 0 Å². The van der Waals surface area contributed by atoms with Crippen LogP contribution in [0, 0.1) is 0 Å². The van der Waals surface area contributed by atoms with E-state index in [4.69, 9.17) is 15.2 Å². The van der Waals surface area contributed by atoms with Crippen molar-refractivity contribution < 1.29 is 23.0 Å². The number of carbonyl (C=O) groups is 1. The Morgan fingerprint density at radius 1 is 0.914 bits per heavy atom. The number of nitrogens with zero attached hydrogens (tertiary/aromatic N) is 1. The topological polar surface area (TPSA) is 66.5 Å². The molecule has 7 heteroatoms. The molecule has 0 saturated heterocycles. The third kappa shape index (κ3) is 4.17. The Kier molecular flexibility index (Phi) is 5.82. The van der Waals surface area contributed by atoms with Crippen LogP contribution in [0.5, 0.6) is 11.5 Å². The number of methoxy groups -OCH3 is 1. The average molecular weight is 472 g/mol. The molecule has 1 heterocycles. The number of halogens is 2. The molecule has 0 bridgehead atoms. The first-order valence-electron chi connectivity index (χ1n) is 11.0. The second-order valence-electron chi connectivity index (χ2n) is 8.10. The number of hydrogen-bond acceptors (Lipinski definition) is 3. The van der Waals surface area contributed by atoms with Crippen LogP contribution in [0.1, 0.15) is 15.9 Å². The zero-order valence-corrected chi connectivity index (χ0v) is 18.9. The molecule has 0 atom stereocenters. The number of hydrogen-bond donors (Lipinski definition) is 1. The molecule has 0 fully saturated rings. The van der Waals surface area contributed by atoms with Gasteiger partial charge in [0.1, 0.15) is 11.5 Å². The van der Waals surface area contributed by atoms with Crippen LogP contribution >= 0.6 is 0 Å². The van der Waals surface area contributed by atoms with Gasteiger partial charge in [-0.2, -0.15) is 8.78 Å². The number of rotatable bonds is 7. The maximum Gasteiger partial charge on any atom is 0.387 e. The van der Waals surface area contributed by atoms with Crippen LogP contribution in [0.15, 0.2) is 84.9 Å². The Labute approximate surface area is 200 Å². The lowest BCUT2D eigenvalue weighted by Crippen LogP contribution is -2.11. The second kappa shape index (κ2) is 9.10. The van der Waals surface area contributed by atoms with Crippen molar-refractivity contribution in [2.24, 2.45) is 5.73 Å². The number of benzene rings is 4. The molecule has 35 heavy (non-hydrogen) atoms. The van der Waals surface area contributed by atoms with Gasteiger partial charge in [-0.3, -0.25) is 4.79 Å². The predicted molar refractivity (Wildman–Crippen MR) is 132 cm³/mol. The van der Waals surface area contributed by atoms with E-state index >= 15 is 0 Å². The largest absolute Gasteiger partial charge is 0.497 e. The van der Waals surface area contributed by atoms with Gasteiger partial charge in [0.25, 0.3) is 0 Å². The number of alkyl halides is 2. The van der Waals surface area contributed by atoms with E-state index in [1.165, 1.54) is 6.07 Å². The molecule has 1 amide bonds. The summed E-state index contributed by atoms with van der Waals surface area (Å²) in [4.78, 5) is 12.2. The van der Waals surface area contributed by atoms with Crippen LogP contribution < -0.4 is 15.2 Å². The molecule has 5 nitrogen and oxygen atoms in total. The highest BCUT2D eigenvalue weighted by Gasteiger charge is 2.19. The first kappa shape index (κ1) is 22.4. The lowest BCUT2D eigenvalue weighted by molar-refractivity contribution is -0.0504. The minimum atomic E-state index is -2.93. The average Bonchev–Trinajstić information content (AvgIpc) is 3.17. The van der Waals surface area contributed by atoms with Gasteiger partial charge in [-0.1, -0.05) is 48.5 Å². The molecule has 0 aliphatic rings. The molecule has 2 N–H and O–H groups in total.